The molecule has 0 bridgehead atoms. The number of amides is 1. The topological polar surface area (TPSA) is 110 Å². The number of esters is 1. The number of carbonyl (C=O) groups excluding carboxylic acids is 2. The number of carbonyl (C=O) groups is 2. The Hall–Kier alpha value is -1.14. The lowest BCUT2D eigenvalue weighted by Gasteiger charge is -2.24. The van der Waals surface area contributed by atoms with E-state index in [9.17, 15) is 19.8 Å². The predicted molar refractivity (Wildman–Crippen MR) is 65.5 cm³/mol. The van der Waals surface area contributed by atoms with Gasteiger partial charge >= 0.3 is 5.97 Å². The lowest BCUT2D eigenvalue weighted by atomic mass is 9.90. The van der Waals surface area contributed by atoms with Gasteiger partial charge in [-0.25, -0.2) is 0 Å². The summed E-state index contributed by atoms with van der Waals surface area (Å²) in [5, 5.41) is 19.5. The van der Waals surface area contributed by atoms with Gasteiger partial charge in [-0.15, -0.1) is 0 Å². The van der Waals surface area contributed by atoms with Gasteiger partial charge in [-0.1, -0.05) is 6.42 Å². The fourth-order valence-corrected chi connectivity index (χ4v) is 1.58. The number of hydrogen-bond donors (Lipinski definition) is 3. The van der Waals surface area contributed by atoms with Gasteiger partial charge < -0.3 is 20.7 Å². The van der Waals surface area contributed by atoms with Gasteiger partial charge in [0.25, 0.3) is 0 Å². The van der Waals surface area contributed by atoms with E-state index in [0.29, 0.717) is 19.3 Å². The van der Waals surface area contributed by atoms with Crippen LogP contribution in [0.25, 0.3) is 0 Å². The van der Waals surface area contributed by atoms with Crippen molar-refractivity contribution in [2.75, 3.05) is 7.11 Å². The first-order valence-electron chi connectivity index (χ1n) is 5.92. The van der Waals surface area contributed by atoms with Crippen LogP contribution in [0.4, 0.5) is 0 Å². The Labute approximate surface area is 107 Å². The van der Waals surface area contributed by atoms with E-state index in [2.05, 4.69) is 4.74 Å². The number of nitrogens with two attached hydrogens (primary N) is 1. The van der Waals surface area contributed by atoms with Gasteiger partial charge in [0, 0.05) is 0 Å². The molecule has 0 saturated carbocycles. The SMILES string of the molecule is COC(=O)CC(O)(CCCCC(C)(C)O)C(N)=O. The minimum Gasteiger partial charge on any atom is -0.469 e. The number of ether oxygens (including phenoxy) is 1. The zero-order valence-corrected chi connectivity index (χ0v) is 11.2. The standard InChI is InChI=1S/C12H23NO5/c1-11(2,16)6-4-5-7-12(17,10(13)15)8-9(14)18-3/h16-17H,4-8H2,1-3H3,(H2,13,15). The monoisotopic (exact) mass is 261 g/mol. The highest BCUT2D eigenvalue weighted by molar-refractivity contribution is 5.88. The number of aliphatic hydroxyl groups is 2. The van der Waals surface area contributed by atoms with Crippen LogP contribution >= 0.6 is 0 Å². The number of unbranched alkanes of at least 4 members (excludes halogenated alkanes) is 1. The summed E-state index contributed by atoms with van der Waals surface area (Å²) >= 11 is 0. The highest BCUT2D eigenvalue weighted by Crippen LogP contribution is 2.21. The van der Waals surface area contributed by atoms with Crippen molar-refractivity contribution in [1.29, 1.82) is 0 Å². The fourth-order valence-electron chi connectivity index (χ4n) is 1.58. The van der Waals surface area contributed by atoms with E-state index in [1.165, 1.54) is 7.11 Å². The molecule has 1 atom stereocenters. The third-order valence-corrected chi connectivity index (χ3v) is 2.75. The first-order chi connectivity index (χ1) is 8.10. The molecule has 0 aromatic rings. The summed E-state index contributed by atoms with van der Waals surface area (Å²) in [4.78, 5) is 22.3. The first-order valence-corrected chi connectivity index (χ1v) is 5.92. The van der Waals surface area contributed by atoms with Gasteiger partial charge in [0.1, 0.15) is 0 Å². The Morgan fingerprint density at radius 3 is 2.06 bits per heavy atom. The normalized spacial score (nSPS) is 14.9. The van der Waals surface area contributed by atoms with Gasteiger partial charge in [0.2, 0.25) is 5.91 Å². The van der Waals surface area contributed by atoms with Gasteiger partial charge in [0.15, 0.2) is 5.60 Å². The molecular formula is C12H23NO5. The third-order valence-electron chi connectivity index (χ3n) is 2.75. The summed E-state index contributed by atoms with van der Waals surface area (Å²) in [5.74, 6) is -1.62. The summed E-state index contributed by atoms with van der Waals surface area (Å²) in [5.41, 5.74) is 2.44. The van der Waals surface area contributed by atoms with E-state index in [1.807, 2.05) is 0 Å². The number of methoxy groups -OCH3 is 1. The summed E-state index contributed by atoms with van der Waals surface area (Å²) in [6.45, 7) is 3.36. The molecule has 4 N–H and O–H groups in total. The van der Waals surface area contributed by atoms with Crippen LogP contribution in [0.15, 0.2) is 0 Å². The molecule has 0 spiro atoms. The van der Waals surface area contributed by atoms with Crippen LogP contribution < -0.4 is 5.73 Å². The maximum atomic E-state index is 11.2. The number of hydrogen-bond acceptors (Lipinski definition) is 5. The molecule has 0 aromatic carbocycles. The fraction of sp³-hybridized carbons (Fsp3) is 0.833. The Morgan fingerprint density at radius 1 is 1.17 bits per heavy atom. The second-order valence-electron chi connectivity index (χ2n) is 5.17. The molecule has 0 heterocycles. The zero-order chi connectivity index (χ0) is 14.4. The van der Waals surface area contributed by atoms with Gasteiger partial charge in [-0.05, 0) is 33.1 Å². The Balaban J connectivity index is 4.28. The average molecular weight is 261 g/mol. The molecule has 0 fully saturated rings. The van der Waals surface area contributed by atoms with Crippen molar-refractivity contribution in [3.8, 4) is 0 Å². The molecule has 6 nitrogen and oxygen atoms in total. The highest BCUT2D eigenvalue weighted by atomic mass is 16.5. The van der Waals surface area contributed by atoms with E-state index in [4.69, 9.17) is 5.73 Å². The van der Waals surface area contributed by atoms with E-state index >= 15 is 0 Å². The lowest BCUT2D eigenvalue weighted by molar-refractivity contribution is -0.153. The minimum atomic E-state index is -1.87. The lowest BCUT2D eigenvalue weighted by Crippen LogP contribution is -2.45. The molecule has 0 aromatic heterocycles. The van der Waals surface area contributed by atoms with Crippen molar-refractivity contribution in [2.45, 2.75) is 57.2 Å². The molecule has 106 valence electrons. The zero-order valence-electron chi connectivity index (χ0n) is 11.2. The van der Waals surface area contributed by atoms with Crippen molar-refractivity contribution in [1.82, 2.24) is 0 Å². The maximum absolute atomic E-state index is 11.2. The molecule has 1 unspecified atom stereocenters. The molecule has 0 aliphatic carbocycles. The Bertz CT molecular complexity index is 297. The summed E-state index contributed by atoms with van der Waals surface area (Å²) in [7, 11) is 1.18. The van der Waals surface area contributed by atoms with Gasteiger partial charge in [-0.2, -0.15) is 0 Å². The second-order valence-corrected chi connectivity index (χ2v) is 5.17. The van der Waals surface area contributed by atoms with Crippen LogP contribution in [0.2, 0.25) is 0 Å². The van der Waals surface area contributed by atoms with Crippen LogP contribution in [0.3, 0.4) is 0 Å². The number of primary amides is 1. The van der Waals surface area contributed by atoms with Crippen LogP contribution in [-0.2, 0) is 14.3 Å². The second kappa shape index (κ2) is 6.70. The maximum Gasteiger partial charge on any atom is 0.308 e. The van der Waals surface area contributed by atoms with Crippen LogP contribution in [0.1, 0.15) is 46.0 Å². The van der Waals surface area contributed by atoms with Gasteiger partial charge in [0.05, 0.1) is 19.1 Å². The predicted octanol–water partition coefficient (Wildman–Crippen LogP) is 0.0972. The van der Waals surface area contributed by atoms with E-state index in [1.54, 1.807) is 13.8 Å². The first kappa shape index (κ1) is 16.9. The molecule has 0 aliphatic rings. The third kappa shape index (κ3) is 6.56. The van der Waals surface area contributed by atoms with Crippen molar-refractivity contribution in [3.63, 3.8) is 0 Å². The van der Waals surface area contributed by atoms with Crippen molar-refractivity contribution >= 4 is 11.9 Å². The quantitative estimate of drug-likeness (QED) is 0.424. The Morgan fingerprint density at radius 2 is 1.67 bits per heavy atom. The smallest absolute Gasteiger partial charge is 0.308 e. The van der Waals surface area contributed by atoms with Crippen molar-refractivity contribution in [3.05, 3.63) is 0 Å². The average Bonchev–Trinajstić information content (AvgIpc) is 2.22. The molecule has 0 rings (SSSR count). The van der Waals surface area contributed by atoms with Crippen molar-refractivity contribution in [2.24, 2.45) is 5.73 Å². The van der Waals surface area contributed by atoms with Crippen LogP contribution in [0, 0.1) is 0 Å². The van der Waals surface area contributed by atoms with E-state index in [0.717, 1.165) is 0 Å². The number of rotatable bonds is 8. The molecule has 0 radical (unpaired) electrons. The molecule has 0 saturated heterocycles. The largest absolute Gasteiger partial charge is 0.469 e. The molecule has 1 amide bonds. The van der Waals surface area contributed by atoms with Crippen LogP contribution in [-0.4, -0.2) is 40.4 Å². The molecule has 6 heteroatoms. The summed E-state index contributed by atoms with van der Waals surface area (Å²) in [6, 6.07) is 0. The molecular weight excluding hydrogens is 238 g/mol. The Kier molecular flexibility index (Phi) is 6.28. The van der Waals surface area contributed by atoms with Crippen LogP contribution in [0.5, 0.6) is 0 Å². The summed E-state index contributed by atoms with van der Waals surface area (Å²) in [6.07, 6.45) is 1.29. The minimum absolute atomic E-state index is 0.0769. The van der Waals surface area contributed by atoms with E-state index < -0.39 is 29.5 Å². The summed E-state index contributed by atoms with van der Waals surface area (Å²) < 4.78 is 4.41. The molecule has 0 aliphatic heterocycles. The highest BCUT2D eigenvalue weighted by Gasteiger charge is 2.36. The van der Waals surface area contributed by atoms with E-state index in [-0.39, 0.29) is 6.42 Å². The van der Waals surface area contributed by atoms with Crippen molar-refractivity contribution < 1.29 is 24.5 Å². The van der Waals surface area contributed by atoms with Gasteiger partial charge in [-0.3, -0.25) is 9.59 Å². The molecule has 18 heavy (non-hydrogen) atoms.